The second kappa shape index (κ2) is 4.77. The summed E-state index contributed by atoms with van der Waals surface area (Å²) in [6.07, 6.45) is 3.88. The van der Waals surface area contributed by atoms with Crippen molar-refractivity contribution in [3.05, 3.63) is 17.8 Å². The molecule has 0 aromatic carbocycles. The molecule has 6 nitrogen and oxygen atoms in total. The van der Waals surface area contributed by atoms with Gasteiger partial charge in [-0.3, -0.25) is 9.36 Å². The number of aryl methyl sites for hydroxylation is 1. The number of nitrogens with zero attached hydrogens (tertiary/aromatic N) is 4. The largest absolute Gasteiger partial charge is 0.369 e. The van der Waals surface area contributed by atoms with Crippen molar-refractivity contribution in [1.29, 1.82) is 0 Å². The lowest BCUT2D eigenvalue weighted by molar-refractivity contribution is -0.133. The maximum atomic E-state index is 12.5. The van der Waals surface area contributed by atoms with E-state index >= 15 is 0 Å². The van der Waals surface area contributed by atoms with E-state index in [9.17, 15) is 4.79 Å². The molecule has 2 aromatic heterocycles. The van der Waals surface area contributed by atoms with Gasteiger partial charge in [-0.25, -0.2) is 9.97 Å². The van der Waals surface area contributed by atoms with E-state index in [1.165, 1.54) is 0 Å². The highest BCUT2D eigenvalue weighted by atomic mass is 16.2. The molecule has 0 bridgehead atoms. The maximum Gasteiger partial charge on any atom is 0.245 e. The summed E-state index contributed by atoms with van der Waals surface area (Å²) in [5, 5.41) is 0. The molecule has 1 fully saturated rings. The molecular weight excluding hydrogens is 254 g/mol. The molecule has 1 amide bonds. The predicted octanol–water partition coefficient (Wildman–Crippen LogP) is 1.51. The van der Waals surface area contributed by atoms with Crippen LogP contribution in [0.15, 0.2) is 12.3 Å². The van der Waals surface area contributed by atoms with Crippen LogP contribution >= 0.6 is 0 Å². The third-order valence-electron chi connectivity index (χ3n) is 3.97. The quantitative estimate of drug-likeness (QED) is 0.899. The Morgan fingerprint density at radius 1 is 1.40 bits per heavy atom. The van der Waals surface area contributed by atoms with Gasteiger partial charge < -0.3 is 10.6 Å². The number of fused-ring (bicyclic) bond motifs is 1. The second-order valence-electron chi connectivity index (χ2n) is 5.35. The minimum absolute atomic E-state index is 0.0943. The SMILES string of the molecule is Cc1ccnc2c1nc(N)n2C(C)C(=O)N1CCCC1. The number of likely N-dealkylation sites (tertiary alicyclic amines) is 1. The first kappa shape index (κ1) is 12.9. The number of imidazole rings is 1. The van der Waals surface area contributed by atoms with E-state index < -0.39 is 0 Å². The van der Waals surface area contributed by atoms with E-state index in [1.54, 1.807) is 10.8 Å². The molecule has 1 saturated heterocycles. The molecule has 0 radical (unpaired) electrons. The molecule has 0 spiro atoms. The highest BCUT2D eigenvalue weighted by molar-refractivity contribution is 5.85. The van der Waals surface area contributed by atoms with Crippen molar-refractivity contribution in [2.75, 3.05) is 18.8 Å². The lowest BCUT2D eigenvalue weighted by Gasteiger charge is -2.22. The molecule has 1 aliphatic rings. The summed E-state index contributed by atoms with van der Waals surface area (Å²) >= 11 is 0. The van der Waals surface area contributed by atoms with Crippen LogP contribution in [0.1, 0.15) is 31.4 Å². The maximum absolute atomic E-state index is 12.5. The summed E-state index contributed by atoms with van der Waals surface area (Å²) < 4.78 is 1.74. The Bertz CT molecular complexity index is 657. The van der Waals surface area contributed by atoms with Crippen LogP contribution in [0, 0.1) is 6.92 Å². The number of aromatic nitrogens is 3. The first-order valence-electron chi connectivity index (χ1n) is 6.97. The van der Waals surface area contributed by atoms with E-state index in [4.69, 9.17) is 5.73 Å². The first-order valence-corrected chi connectivity index (χ1v) is 6.97. The average Bonchev–Trinajstić information content (AvgIpc) is 3.05. The highest BCUT2D eigenvalue weighted by Crippen LogP contribution is 2.25. The van der Waals surface area contributed by atoms with Gasteiger partial charge in [-0.2, -0.15) is 0 Å². The molecule has 3 heterocycles. The molecule has 106 valence electrons. The number of nitrogen functional groups attached to an aromatic ring is 1. The second-order valence-corrected chi connectivity index (χ2v) is 5.35. The van der Waals surface area contributed by atoms with Crippen LogP contribution in [0.25, 0.3) is 11.2 Å². The van der Waals surface area contributed by atoms with Crippen molar-refractivity contribution in [2.24, 2.45) is 0 Å². The van der Waals surface area contributed by atoms with Gasteiger partial charge in [0.1, 0.15) is 11.6 Å². The van der Waals surface area contributed by atoms with Crippen LogP contribution in [0.3, 0.4) is 0 Å². The molecule has 2 N–H and O–H groups in total. The van der Waals surface area contributed by atoms with E-state index in [0.717, 1.165) is 37.0 Å². The summed E-state index contributed by atoms with van der Waals surface area (Å²) in [5.41, 5.74) is 8.47. The molecule has 1 unspecified atom stereocenters. The van der Waals surface area contributed by atoms with Gasteiger partial charge in [0.2, 0.25) is 11.9 Å². The van der Waals surface area contributed by atoms with Crippen molar-refractivity contribution >= 4 is 23.0 Å². The van der Waals surface area contributed by atoms with E-state index in [2.05, 4.69) is 9.97 Å². The van der Waals surface area contributed by atoms with E-state index in [0.29, 0.717) is 11.6 Å². The molecule has 6 heteroatoms. The minimum atomic E-state index is -0.368. The molecule has 0 aliphatic carbocycles. The van der Waals surface area contributed by atoms with Crippen LogP contribution in [0.4, 0.5) is 5.95 Å². The zero-order valence-electron chi connectivity index (χ0n) is 11.8. The topological polar surface area (TPSA) is 77.0 Å². The number of pyridine rings is 1. The van der Waals surface area contributed by atoms with Gasteiger partial charge in [0.15, 0.2) is 5.65 Å². The number of hydrogen-bond donors (Lipinski definition) is 1. The smallest absolute Gasteiger partial charge is 0.245 e. The first-order chi connectivity index (χ1) is 9.59. The lowest BCUT2D eigenvalue weighted by Crippen LogP contribution is -2.34. The Morgan fingerprint density at radius 2 is 2.10 bits per heavy atom. The van der Waals surface area contributed by atoms with E-state index in [1.807, 2.05) is 24.8 Å². The predicted molar refractivity (Wildman–Crippen MR) is 77.2 cm³/mol. The standard InChI is InChI=1S/C14H19N5O/c1-9-5-6-16-12-11(9)17-14(15)19(12)10(2)13(20)18-7-3-4-8-18/h5-6,10H,3-4,7-8H2,1-2H3,(H2,15,17). The fourth-order valence-electron chi connectivity index (χ4n) is 2.82. The Balaban J connectivity index is 2.02. The zero-order valence-corrected chi connectivity index (χ0v) is 11.8. The van der Waals surface area contributed by atoms with Gasteiger partial charge in [0, 0.05) is 19.3 Å². The van der Waals surface area contributed by atoms with Crippen LogP contribution < -0.4 is 5.73 Å². The molecule has 3 rings (SSSR count). The van der Waals surface area contributed by atoms with Crippen molar-refractivity contribution < 1.29 is 4.79 Å². The number of carbonyl (C=O) groups is 1. The van der Waals surface area contributed by atoms with Gasteiger partial charge in [0.25, 0.3) is 0 Å². The fourth-order valence-corrected chi connectivity index (χ4v) is 2.82. The number of nitrogens with two attached hydrogens (primary N) is 1. The number of amides is 1. The normalized spacial score (nSPS) is 16.8. The molecule has 1 aliphatic heterocycles. The summed E-state index contributed by atoms with van der Waals surface area (Å²) in [6.45, 7) is 5.50. The molecule has 20 heavy (non-hydrogen) atoms. The van der Waals surface area contributed by atoms with Crippen LogP contribution in [-0.4, -0.2) is 38.4 Å². The lowest BCUT2D eigenvalue weighted by atomic mass is 10.2. The summed E-state index contributed by atoms with van der Waals surface area (Å²) in [5.74, 6) is 0.443. The summed E-state index contributed by atoms with van der Waals surface area (Å²) in [4.78, 5) is 23.1. The van der Waals surface area contributed by atoms with Gasteiger partial charge in [-0.1, -0.05) is 0 Å². The summed E-state index contributed by atoms with van der Waals surface area (Å²) in [7, 11) is 0. The molecule has 0 saturated carbocycles. The Morgan fingerprint density at radius 3 is 2.80 bits per heavy atom. The fraction of sp³-hybridized carbons (Fsp3) is 0.500. The number of carbonyl (C=O) groups excluding carboxylic acids is 1. The monoisotopic (exact) mass is 273 g/mol. The van der Waals surface area contributed by atoms with Crippen molar-refractivity contribution in [3.63, 3.8) is 0 Å². The Labute approximate surface area is 117 Å². The molecule has 2 aromatic rings. The van der Waals surface area contributed by atoms with Crippen molar-refractivity contribution in [3.8, 4) is 0 Å². The third-order valence-corrected chi connectivity index (χ3v) is 3.97. The van der Waals surface area contributed by atoms with Crippen molar-refractivity contribution in [2.45, 2.75) is 32.7 Å². The zero-order chi connectivity index (χ0) is 14.3. The number of hydrogen-bond acceptors (Lipinski definition) is 4. The Hall–Kier alpha value is -2.11. The molecule has 1 atom stereocenters. The summed E-state index contributed by atoms with van der Waals surface area (Å²) in [6, 6.07) is 1.53. The van der Waals surface area contributed by atoms with Gasteiger partial charge >= 0.3 is 0 Å². The van der Waals surface area contributed by atoms with Gasteiger partial charge in [0.05, 0.1) is 0 Å². The van der Waals surface area contributed by atoms with Crippen LogP contribution in [0.2, 0.25) is 0 Å². The van der Waals surface area contributed by atoms with Gasteiger partial charge in [-0.05, 0) is 38.3 Å². The van der Waals surface area contributed by atoms with Gasteiger partial charge in [-0.15, -0.1) is 0 Å². The van der Waals surface area contributed by atoms with E-state index in [-0.39, 0.29) is 11.9 Å². The highest BCUT2D eigenvalue weighted by Gasteiger charge is 2.27. The van der Waals surface area contributed by atoms with Crippen LogP contribution in [-0.2, 0) is 4.79 Å². The molecular formula is C14H19N5O. The minimum Gasteiger partial charge on any atom is -0.369 e. The average molecular weight is 273 g/mol. The Kier molecular flexibility index (Phi) is 3.08. The third kappa shape index (κ3) is 1.92. The number of anilines is 1. The van der Waals surface area contributed by atoms with Crippen LogP contribution in [0.5, 0.6) is 0 Å². The number of rotatable bonds is 2. The van der Waals surface area contributed by atoms with Crippen molar-refractivity contribution in [1.82, 2.24) is 19.4 Å².